The number of hydrogen-bond donors (Lipinski definition) is 1. The van der Waals surface area contributed by atoms with Crippen LogP contribution in [0.5, 0.6) is 0 Å². The van der Waals surface area contributed by atoms with Crippen LogP contribution in [-0.4, -0.2) is 40.6 Å². The van der Waals surface area contributed by atoms with Crippen molar-refractivity contribution in [3.8, 4) is 0 Å². The van der Waals surface area contributed by atoms with Crippen molar-refractivity contribution < 1.29 is 9.59 Å². The van der Waals surface area contributed by atoms with Crippen LogP contribution in [0.2, 0.25) is 0 Å². The summed E-state index contributed by atoms with van der Waals surface area (Å²) in [5, 5.41) is 2.86. The Labute approximate surface area is 175 Å². The third-order valence-electron chi connectivity index (χ3n) is 5.35. The molecule has 1 atom stereocenters. The van der Waals surface area contributed by atoms with E-state index < -0.39 is 5.92 Å². The lowest BCUT2D eigenvalue weighted by molar-refractivity contribution is -0.138. The molecule has 2 amide bonds. The highest BCUT2D eigenvalue weighted by Crippen LogP contribution is 2.30. The number of thiocarbonyl (C=S) groups is 1. The molecule has 1 saturated carbocycles. The van der Waals surface area contributed by atoms with Gasteiger partial charge in [0.05, 0.1) is 0 Å². The van der Waals surface area contributed by atoms with Crippen LogP contribution in [0.3, 0.4) is 0 Å². The number of amides is 2. The van der Waals surface area contributed by atoms with Gasteiger partial charge in [-0.05, 0) is 42.6 Å². The van der Waals surface area contributed by atoms with Crippen LogP contribution in [0.25, 0.3) is 0 Å². The fourth-order valence-electron chi connectivity index (χ4n) is 3.70. The highest BCUT2D eigenvalue weighted by atomic mass is 32.1. The molecule has 1 heterocycles. The van der Waals surface area contributed by atoms with Crippen molar-refractivity contribution in [2.45, 2.75) is 31.2 Å². The van der Waals surface area contributed by atoms with E-state index in [-0.39, 0.29) is 28.9 Å². The Kier molecular flexibility index (Phi) is 5.81. The van der Waals surface area contributed by atoms with E-state index in [1.807, 2.05) is 36.4 Å². The van der Waals surface area contributed by atoms with E-state index in [9.17, 15) is 9.59 Å². The van der Waals surface area contributed by atoms with Crippen LogP contribution in [0.1, 0.15) is 36.3 Å². The van der Waals surface area contributed by atoms with Gasteiger partial charge in [-0.15, -0.1) is 0 Å². The zero-order chi connectivity index (χ0) is 20.2. The summed E-state index contributed by atoms with van der Waals surface area (Å²) < 4.78 is 0. The van der Waals surface area contributed by atoms with E-state index in [4.69, 9.17) is 12.2 Å². The van der Waals surface area contributed by atoms with E-state index in [1.54, 1.807) is 4.90 Å². The fraction of sp³-hybridized carbons (Fsp3) is 0.304. The summed E-state index contributed by atoms with van der Waals surface area (Å²) >= 11 is 5.16. The number of nitrogens with zero attached hydrogens (tertiary/aromatic N) is 2. The van der Waals surface area contributed by atoms with Crippen LogP contribution in [0, 0.1) is 5.92 Å². The quantitative estimate of drug-likeness (QED) is 0.437. The van der Waals surface area contributed by atoms with E-state index >= 15 is 0 Å². The lowest BCUT2D eigenvalue weighted by Crippen LogP contribution is -2.58. The Bertz CT molecular complexity index is 886. The fourth-order valence-corrected chi connectivity index (χ4v) is 4.04. The SMILES string of the molecule is O=C1NC(=S)N(C2CC2)C(=O)C1C=NCCC(c1ccccc1)c1ccccc1. The molecule has 1 unspecified atom stereocenters. The zero-order valence-electron chi connectivity index (χ0n) is 16.0. The first-order valence-electron chi connectivity index (χ1n) is 9.93. The maximum atomic E-state index is 12.7. The minimum absolute atomic E-state index is 0.132. The monoisotopic (exact) mass is 405 g/mol. The molecule has 2 aromatic rings. The summed E-state index contributed by atoms with van der Waals surface area (Å²) in [5.74, 6) is -1.33. The van der Waals surface area contributed by atoms with Gasteiger partial charge in [-0.25, -0.2) is 0 Å². The molecular formula is C23H23N3O2S. The van der Waals surface area contributed by atoms with Crippen molar-refractivity contribution in [1.82, 2.24) is 10.2 Å². The lowest BCUT2D eigenvalue weighted by Gasteiger charge is -2.30. The number of rotatable bonds is 7. The van der Waals surface area contributed by atoms with Crippen LogP contribution in [0.15, 0.2) is 65.7 Å². The molecule has 29 heavy (non-hydrogen) atoms. The van der Waals surface area contributed by atoms with E-state index in [2.05, 4.69) is 34.6 Å². The predicted molar refractivity (Wildman–Crippen MR) is 117 cm³/mol. The van der Waals surface area contributed by atoms with E-state index in [1.165, 1.54) is 17.3 Å². The average Bonchev–Trinajstić information content (AvgIpc) is 3.56. The molecule has 0 spiro atoms. The van der Waals surface area contributed by atoms with Gasteiger partial charge < -0.3 is 5.32 Å². The van der Waals surface area contributed by atoms with Gasteiger partial charge in [-0.2, -0.15) is 0 Å². The number of aliphatic imine (C=N–C) groups is 1. The molecule has 1 N–H and O–H groups in total. The van der Waals surface area contributed by atoms with Gasteiger partial charge in [0.25, 0.3) is 0 Å². The van der Waals surface area contributed by atoms with Gasteiger partial charge in [0.1, 0.15) is 0 Å². The van der Waals surface area contributed by atoms with Crippen LogP contribution in [0.4, 0.5) is 0 Å². The first-order valence-corrected chi connectivity index (χ1v) is 10.3. The summed E-state index contributed by atoms with van der Waals surface area (Å²) in [4.78, 5) is 30.9. The second kappa shape index (κ2) is 8.66. The standard InChI is InChI=1S/C23H23N3O2S/c27-21-20(22(28)26(18-11-12-18)23(29)25-21)15-24-14-13-19(16-7-3-1-4-8-16)17-9-5-2-6-10-17/h1-10,15,18-20H,11-14H2,(H,25,27,29). The van der Waals surface area contributed by atoms with E-state index in [0.29, 0.717) is 6.54 Å². The van der Waals surface area contributed by atoms with Crippen molar-refractivity contribution >= 4 is 35.4 Å². The van der Waals surface area contributed by atoms with E-state index in [0.717, 1.165) is 19.3 Å². The van der Waals surface area contributed by atoms with Crippen molar-refractivity contribution in [3.05, 3.63) is 71.8 Å². The maximum Gasteiger partial charge on any atom is 0.247 e. The molecule has 0 bridgehead atoms. The van der Waals surface area contributed by atoms with Gasteiger partial charge >= 0.3 is 0 Å². The number of hydrogen-bond acceptors (Lipinski definition) is 4. The topological polar surface area (TPSA) is 61.8 Å². The van der Waals surface area contributed by atoms with Gasteiger partial charge in [-0.1, -0.05) is 60.7 Å². The molecule has 2 fully saturated rings. The third-order valence-corrected chi connectivity index (χ3v) is 5.65. The second-order valence-electron chi connectivity index (χ2n) is 7.43. The zero-order valence-corrected chi connectivity index (χ0v) is 16.8. The van der Waals surface area contributed by atoms with Crippen molar-refractivity contribution in [2.75, 3.05) is 6.54 Å². The van der Waals surface area contributed by atoms with Gasteiger partial charge in [0.2, 0.25) is 11.8 Å². The largest absolute Gasteiger partial charge is 0.302 e. The molecule has 1 aliphatic carbocycles. The molecule has 2 aromatic carbocycles. The van der Waals surface area contributed by atoms with Gasteiger partial charge in [0.15, 0.2) is 11.0 Å². The van der Waals surface area contributed by atoms with Crippen molar-refractivity contribution in [3.63, 3.8) is 0 Å². The Morgan fingerprint density at radius 3 is 2.17 bits per heavy atom. The first kappa shape index (κ1) is 19.5. The molecule has 1 aliphatic heterocycles. The predicted octanol–water partition coefficient (Wildman–Crippen LogP) is 3.30. The summed E-state index contributed by atoms with van der Waals surface area (Å²) in [7, 11) is 0. The van der Waals surface area contributed by atoms with Crippen LogP contribution >= 0.6 is 12.2 Å². The first-order chi connectivity index (χ1) is 14.1. The Balaban J connectivity index is 1.44. The van der Waals surface area contributed by atoms with Gasteiger partial charge in [0, 0.05) is 24.7 Å². The Morgan fingerprint density at radius 2 is 1.62 bits per heavy atom. The molecular weight excluding hydrogens is 382 g/mol. The normalized spacial score (nSPS) is 19.8. The Hall–Kier alpha value is -2.86. The molecule has 5 nitrogen and oxygen atoms in total. The van der Waals surface area contributed by atoms with Crippen molar-refractivity contribution in [2.24, 2.45) is 10.9 Å². The smallest absolute Gasteiger partial charge is 0.247 e. The lowest BCUT2D eigenvalue weighted by atomic mass is 9.88. The minimum atomic E-state index is -0.894. The Morgan fingerprint density at radius 1 is 1.03 bits per heavy atom. The molecule has 1 saturated heterocycles. The molecule has 4 rings (SSSR count). The summed E-state index contributed by atoms with van der Waals surface area (Å²) in [5.41, 5.74) is 2.45. The van der Waals surface area contributed by atoms with Crippen LogP contribution in [-0.2, 0) is 9.59 Å². The number of carbonyl (C=O) groups is 2. The average molecular weight is 406 g/mol. The molecule has 0 radical (unpaired) electrons. The highest BCUT2D eigenvalue weighted by Gasteiger charge is 2.44. The molecule has 148 valence electrons. The third kappa shape index (κ3) is 4.43. The number of nitrogens with one attached hydrogen (secondary N) is 1. The highest BCUT2D eigenvalue weighted by molar-refractivity contribution is 7.80. The molecule has 0 aromatic heterocycles. The summed E-state index contributed by atoms with van der Waals surface area (Å²) in [6, 6.07) is 20.8. The van der Waals surface area contributed by atoms with Crippen molar-refractivity contribution in [1.29, 1.82) is 0 Å². The maximum absolute atomic E-state index is 12.7. The van der Waals surface area contributed by atoms with Gasteiger partial charge in [-0.3, -0.25) is 19.5 Å². The summed E-state index contributed by atoms with van der Waals surface area (Å²) in [6.45, 7) is 0.527. The number of carbonyl (C=O) groups excluding carboxylic acids is 2. The summed E-state index contributed by atoms with van der Waals surface area (Å²) in [6.07, 6.45) is 4.14. The second-order valence-corrected chi connectivity index (χ2v) is 7.82. The minimum Gasteiger partial charge on any atom is -0.302 e. The van der Waals surface area contributed by atoms with Crippen LogP contribution < -0.4 is 5.32 Å². The molecule has 2 aliphatic rings. The number of benzene rings is 2. The molecule has 6 heteroatoms.